The van der Waals surface area contributed by atoms with Crippen molar-refractivity contribution >= 4 is 0 Å². The van der Waals surface area contributed by atoms with Crippen LogP contribution in [0.2, 0.25) is 0 Å². The quantitative estimate of drug-likeness (QED) is 0.548. The zero-order valence-electron chi connectivity index (χ0n) is 5.69. The summed E-state index contributed by atoms with van der Waals surface area (Å²) in [5.74, 6) is 0. The minimum atomic E-state index is 1.04. The van der Waals surface area contributed by atoms with Crippen molar-refractivity contribution in [3.8, 4) is 0 Å². The smallest absolute Gasteiger partial charge is 0.0137 e. The topological polar surface area (TPSA) is 12.0 Å². The lowest BCUT2D eigenvalue weighted by Crippen LogP contribution is -2.20. The molecule has 0 saturated carbocycles. The number of rotatable bonds is 2. The molecule has 0 unspecified atom stereocenters. The summed E-state index contributed by atoms with van der Waals surface area (Å²) in [5.41, 5.74) is 1.53. The highest BCUT2D eigenvalue weighted by molar-refractivity contribution is 5.09. The first-order valence-corrected chi connectivity index (χ1v) is 3.43. The van der Waals surface area contributed by atoms with Crippen LogP contribution in [0.25, 0.3) is 0 Å². The summed E-state index contributed by atoms with van der Waals surface area (Å²) < 4.78 is 0. The number of nitrogens with one attached hydrogen (secondary N) is 1. The summed E-state index contributed by atoms with van der Waals surface area (Å²) in [6.45, 7) is 5.88. The Labute approximate surface area is 56.5 Å². The van der Waals surface area contributed by atoms with Crippen LogP contribution in [0.1, 0.15) is 12.8 Å². The van der Waals surface area contributed by atoms with Crippen LogP contribution in [-0.4, -0.2) is 13.1 Å². The second kappa shape index (κ2) is 3.46. The van der Waals surface area contributed by atoms with E-state index in [-0.39, 0.29) is 0 Å². The van der Waals surface area contributed by atoms with Crippen molar-refractivity contribution in [2.45, 2.75) is 12.8 Å². The van der Waals surface area contributed by atoms with Crippen LogP contribution in [0.4, 0.5) is 0 Å². The van der Waals surface area contributed by atoms with Gasteiger partial charge in [-0.15, -0.1) is 6.58 Å². The summed E-state index contributed by atoms with van der Waals surface area (Å²) in [5, 5.41) is 3.26. The Hall–Kier alpha value is -0.560. The molecular formula is C8H13N. The normalized spacial score (nSPS) is 18.9. The van der Waals surface area contributed by atoms with Crippen molar-refractivity contribution in [3.05, 3.63) is 24.3 Å². The van der Waals surface area contributed by atoms with E-state index >= 15 is 0 Å². The van der Waals surface area contributed by atoms with E-state index in [0.29, 0.717) is 0 Å². The molecule has 0 atom stereocenters. The Morgan fingerprint density at radius 3 is 3.22 bits per heavy atom. The summed E-state index contributed by atoms with van der Waals surface area (Å²) >= 11 is 0. The fourth-order valence-electron chi connectivity index (χ4n) is 1.04. The van der Waals surface area contributed by atoms with Gasteiger partial charge in [0.1, 0.15) is 0 Å². The molecule has 0 aromatic rings. The molecule has 0 aromatic carbocycles. The lowest BCUT2D eigenvalue weighted by atomic mass is 10.1. The molecule has 1 aliphatic rings. The molecule has 0 radical (unpaired) electrons. The molecule has 50 valence electrons. The van der Waals surface area contributed by atoms with Gasteiger partial charge in [0.2, 0.25) is 0 Å². The number of allylic oxidation sites excluding steroid dienone is 1. The maximum Gasteiger partial charge on any atom is 0.0137 e. The molecular weight excluding hydrogens is 110 g/mol. The summed E-state index contributed by atoms with van der Waals surface area (Å²) in [7, 11) is 0. The van der Waals surface area contributed by atoms with Crippen LogP contribution in [0, 0.1) is 0 Å². The number of hydrogen-bond acceptors (Lipinski definition) is 1. The van der Waals surface area contributed by atoms with Crippen molar-refractivity contribution in [1.29, 1.82) is 0 Å². The second-order valence-corrected chi connectivity index (χ2v) is 2.31. The average Bonchev–Trinajstić information content (AvgIpc) is 1.91. The first-order valence-electron chi connectivity index (χ1n) is 3.43. The fraction of sp³-hybridized carbons (Fsp3) is 0.500. The van der Waals surface area contributed by atoms with Gasteiger partial charge in [-0.3, -0.25) is 0 Å². The SMILES string of the molecule is C=CCC1=CCNCC1. The third kappa shape index (κ3) is 2.02. The van der Waals surface area contributed by atoms with Crippen molar-refractivity contribution in [2.24, 2.45) is 0 Å². The van der Waals surface area contributed by atoms with Crippen LogP contribution >= 0.6 is 0 Å². The Balaban J connectivity index is 2.36. The van der Waals surface area contributed by atoms with Crippen molar-refractivity contribution in [3.63, 3.8) is 0 Å². The van der Waals surface area contributed by atoms with E-state index in [1.807, 2.05) is 6.08 Å². The van der Waals surface area contributed by atoms with Crippen LogP contribution in [-0.2, 0) is 0 Å². The van der Waals surface area contributed by atoms with Gasteiger partial charge in [-0.2, -0.15) is 0 Å². The molecule has 9 heavy (non-hydrogen) atoms. The Morgan fingerprint density at radius 2 is 2.67 bits per heavy atom. The van der Waals surface area contributed by atoms with Gasteiger partial charge >= 0.3 is 0 Å². The van der Waals surface area contributed by atoms with Gasteiger partial charge in [-0.05, 0) is 19.4 Å². The van der Waals surface area contributed by atoms with Gasteiger partial charge in [0.25, 0.3) is 0 Å². The Morgan fingerprint density at radius 1 is 1.78 bits per heavy atom. The molecule has 0 aromatic heterocycles. The first kappa shape index (κ1) is 6.56. The summed E-state index contributed by atoms with van der Waals surface area (Å²) in [6, 6.07) is 0. The minimum Gasteiger partial charge on any atom is -0.313 e. The maximum atomic E-state index is 3.69. The largest absolute Gasteiger partial charge is 0.313 e. The molecule has 0 aliphatic carbocycles. The predicted molar refractivity (Wildman–Crippen MR) is 40.4 cm³/mol. The van der Waals surface area contributed by atoms with Crippen LogP contribution in [0.5, 0.6) is 0 Å². The average molecular weight is 123 g/mol. The van der Waals surface area contributed by atoms with Crippen LogP contribution < -0.4 is 5.32 Å². The van der Waals surface area contributed by atoms with E-state index in [9.17, 15) is 0 Å². The minimum absolute atomic E-state index is 1.04. The van der Waals surface area contributed by atoms with Gasteiger partial charge in [-0.25, -0.2) is 0 Å². The van der Waals surface area contributed by atoms with Gasteiger partial charge in [0.05, 0.1) is 0 Å². The van der Waals surface area contributed by atoms with E-state index in [1.54, 1.807) is 0 Å². The highest BCUT2D eigenvalue weighted by Crippen LogP contribution is 2.08. The third-order valence-electron chi connectivity index (χ3n) is 1.56. The Kier molecular flexibility index (Phi) is 2.52. The molecule has 1 nitrogen and oxygen atoms in total. The summed E-state index contributed by atoms with van der Waals surface area (Å²) in [4.78, 5) is 0. The molecule has 1 N–H and O–H groups in total. The second-order valence-electron chi connectivity index (χ2n) is 2.31. The van der Waals surface area contributed by atoms with Gasteiger partial charge in [0.15, 0.2) is 0 Å². The van der Waals surface area contributed by atoms with Crippen molar-refractivity contribution in [2.75, 3.05) is 13.1 Å². The van der Waals surface area contributed by atoms with Gasteiger partial charge in [0, 0.05) is 6.54 Å². The van der Waals surface area contributed by atoms with Crippen LogP contribution in [0.3, 0.4) is 0 Å². The molecule has 1 rings (SSSR count). The molecule has 1 aliphatic heterocycles. The maximum absolute atomic E-state index is 3.69. The summed E-state index contributed by atoms with van der Waals surface area (Å²) in [6.07, 6.45) is 6.50. The van der Waals surface area contributed by atoms with Crippen molar-refractivity contribution in [1.82, 2.24) is 5.32 Å². The molecule has 0 amide bonds. The van der Waals surface area contributed by atoms with E-state index in [2.05, 4.69) is 18.0 Å². The molecule has 0 fully saturated rings. The Bertz CT molecular complexity index is 125. The van der Waals surface area contributed by atoms with Crippen molar-refractivity contribution < 1.29 is 0 Å². The molecule has 0 spiro atoms. The lowest BCUT2D eigenvalue weighted by molar-refractivity contribution is 0.694. The molecule has 1 heteroatoms. The first-order chi connectivity index (χ1) is 4.43. The highest BCUT2D eigenvalue weighted by atomic mass is 14.8. The highest BCUT2D eigenvalue weighted by Gasteiger charge is 1.98. The molecule has 0 saturated heterocycles. The van der Waals surface area contributed by atoms with Gasteiger partial charge in [-0.1, -0.05) is 17.7 Å². The van der Waals surface area contributed by atoms with E-state index in [4.69, 9.17) is 0 Å². The van der Waals surface area contributed by atoms with E-state index in [0.717, 1.165) is 19.5 Å². The fourth-order valence-corrected chi connectivity index (χ4v) is 1.04. The van der Waals surface area contributed by atoms with Crippen LogP contribution in [0.15, 0.2) is 24.3 Å². The predicted octanol–water partition coefficient (Wildman–Crippen LogP) is 1.48. The lowest BCUT2D eigenvalue weighted by Gasteiger charge is -2.11. The monoisotopic (exact) mass is 123 g/mol. The molecule has 0 bridgehead atoms. The van der Waals surface area contributed by atoms with E-state index in [1.165, 1.54) is 12.0 Å². The van der Waals surface area contributed by atoms with E-state index < -0.39 is 0 Å². The third-order valence-corrected chi connectivity index (χ3v) is 1.56. The number of hydrogen-bond donors (Lipinski definition) is 1. The zero-order chi connectivity index (χ0) is 6.53. The van der Waals surface area contributed by atoms with Gasteiger partial charge < -0.3 is 5.32 Å². The molecule has 1 heterocycles. The zero-order valence-corrected chi connectivity index (χ0v) is 5.69. The standard InChI is InChI=1S/C8H13N/c1-2-3-8-4-6-9-7-5-8/h2,4,9H,1,3,5-7H2.